The van der Waals surface area contributed by atoms with Crippen molar-refractivity contribution in [3.05, 3.63) is 28.8 Å². The number of rotatable bonds is 5. The van der Waals surface area contributed by atoms with Gasteiger partial charge in [0.05, 0.1) is 17.2 Å². The highest BCUT2D eigenvalue weighted by Crippen LogP contribution is 2.29. The number of ether oxygens (including phenoxy) is 1. The minimum Gasteiger partial charge on any atom is -0.489 e. The standard InChI is InChI=1S/C12H17ClO3/c1-8(2)16-12-4-3-9(7-10(12)13)11(15)5-6-14/h3-4,7-8,11,14-15H,5-6H2,1-2H3. The average molecular weight is 245 g/mol. The van der Waals surface area contributed by atoms with Crippen LogP contribution in [0.1, 0.15) is 31.9 Å². The Hall–Kier alpha value is -0.770. The normalized spacial score (nSPS) is 12.9. The van der Waals surface area contributed by atoms with Crippen molar-refractivity contribution in [1.82, 2.24) is 0 Å². The third-order valence-electron chi connectivity index (χ3n) is 2.11. The summed E-state index contributed by atoms with van der Waals surface area (Å²) < 4.78 is 5.48. The van der Waals surface area contributed by atoms with Crippen LogP contribution >= 0.6 is 11.6 Å². The zero-order valence-corrected chi connectivity index (χ0v) is 10.2. The van der Waals surface area contributed by atoms with Crippen LogP contribution < -0.4 is 4.74 Å². The molecule has 0 amide bonds. The number of hydrogen-bond donors (Lipinski definition) is 2. The first kappa shape index (κ1) is 13.3. The molecule has 0 fully saturated rings. The summed E-state index contributed by atoms with van der Waals surface area (Å²) in [4.78, 5) is 0. The van der Waals surface area contributed by atoms with Gasteiger partial charge in [-0.3, -0.25) is 0 Å². The quantitative estimate of drug-likeness (QED) is 0.837. The van der Waals surface area contributed by atoms with E-state index in [1.54, 1.807) is 18.2 Å². The van der Waals surface area contributed by atoms with Gasteiger partial charge in [-0.25, -0.2) is 0 Å². The number of benzene rings is 1. The van der Waals surface area contributed by atoms with Gasteiger partial charge in [0.2, 0.25) is 0 Å². The van der Waals surface area contributed by atoms with E-state index in [1.165, 1.54) is 0 Å². The molecule has 1 aromatic rings. The molecule has 0 bridgehead atoms. The van der Waals surface area contributed by atoms with Gasteiger partial charge in [-0.2, -0.15) is 0 Å². The van der Waals surface area contributed by atoms with Crippen molar-refractivity contribution < 1.29 is 14.9 Å². The van der Waals surface area contributed by atoms with E-state index in [1.807, 2.05) is 13.8 Å². The molecule has 0 aliphatic carbocycles. The second-order valence-electron chi connectivity index (χ2n) is 3.88. The lowest BCUT2D eigenvalue weighted by Crippen LogP contribution is -2.06. The monoisotopic (exact) mass is 244 g/mol. The van der Waals surface area contributed by atoms with Gasteiger partial charge < -0.3 is 14.9 Å². The van der Waals surface area contributed by atoms with Crippen molar-refractivity contribution in [2.75, 3.05) is 6.61 Å². The molecule has 3 nitrogen and oxygen atoms in total. The lowest BCUT2D eigenvalue weighted by Gasteiger charge is -2.14. The van der Waals surface area contributed by atoms with Crippen LogP contribution in [-0.2, 0) is 0 Å². The molecule has 1 rings (SSSR count). The first-order chi connectivity index (χ1) is 7.54. The van der Waals surface area contributed by atoms with E-state index >= 15 is 0 Å². The van der Waals surface area contributed by atoms with Crippen LogP contribution in [0.4, 0.5) is 0 Å². The molecular formula is C12H17ClO3. The molecule has 0 heterocycles. The van der Waals surface area contributed by atoms with Crippen molar-refractivity contribution in [2.24, 2.45) is 0 Å². The third kappa shape index (κ3) is 3.67. The molecule has 0 saturated heterocycles. The van der Waals surface area contributed by atoms with Gasteiger partial charge in [-0.15, -0.1) is 0 Å². The van der Waals surface area contributed by atoms with Gasteiger partial charge in [0.25, 0.3) is 0 Å². The molecule has 0 aliphatic rings. The summed E-state index contributed by atoms with van der Waals surface area (Å²) in [5, 5.41) is 18.9. The molecular weight excluding hydrogens is 228 g/mol. The Morgan fingerprint density at radius 3 is 2.56 bits per heavy atom. The van der Waals surface area contributed by atoms with Crippen molar-refractivity contribution in [2.45, 2.75) is 32.5 Å². The highest BCUT2D eigenvalue weighted by molar-refractivity contribution is 6.32. The highest BCUT2D eigenvalue weighted by atomic mass is 35.5. The lowest BCUT2D eigenvalue weighted by atomic mass is 10.1. The van der Waals surface area contributed by atoms with E-state index in [0.717, 1.165) is 0 Å². The van der Waals surface area contributed by atoms with Gasteiger partial charge >= 0.3 is 0 Å². The summed E-state index contributed by atoms with van der Waals surface area (Å²) >= 11 is 6.02. The maximum atomic E-state index is 9.66. The van der Waals surface area contributed by atoms with Crippen LogP contribution in [-0.4, -0.2) is 22.9 Å². The molecule has 0 aromatic heterocycles. The summed E-state index contributed by atoms with van der Waals surface area (Å²) in [5.74, 6) is 0.608. The molecule has 90 valence electrons. The van der Waals surface area contributed by atoms with Gasteiger partial charge in [0.1, 0.15) is 5.75 Å². The third-order valence-corrected chi connectivity index (χ3v) is 2.40. The molecule has 0 spiro atoms. The van der Waals surface area contributed by atoms with Gasteiger partial charge in [-0.1, -0.05) is 17.7 Å². The maximum absolute atomic E-state index is 9.66. The fraction of sp³-hybridized carbons (Fsp3) is 0.500. The predicted molar refractivity (Wildman–Crippen MR) is 63.9 cm³/mol. The Kier molecular flexibility index (Phi) is 5.06. The van der Waals surface area contributed by atoms with E-state index in [2.05, 4.69) is 0 Å². The first-order valence-corrected chi connectivity index (χ1v) is 5.67. The minimum absolute atomic E-state index is 0.0525. The Morgan fingerprint density at radius 2 is 2.06 bits per heavy atom. The number of aliphatic hydroxyl groups excluding tert-OH is 2. The van der Waals surface area contributed by atoms with Crippen molar-refractivity contribution in [3.8, 4) is 5.75 Å². The second-order valence-corrected chi connectivity index (χ2v) is 4.29. The largest absolute Gasteiger partial charge is 0.489 e. The van der Waals surface area contributed by atoms with Crippen LogP contribution in [0, 0.1) is 0 Å². The molecule has 4 heteroatoms. The maximum Gasteiger partial charge on any atom is 0.138 e. The second kappa shape index (κ2) is 6.09. The highest BCUT2D eigenvalue weighted by Gasteiger charge is 2.10. The molecule has 0 aliphatic heterocycles. The molecule has 0 radical (unpaired) electrons. The van der Waals surface area contributed by atoms with E-state index < -0.39 is 6.10 Å². The number of aliphatic hydroxyl groups is 2. The average Bonchev–Trinajstić information content (AvgIpc) is 2.20. The van der Waals surface area contributed by atoms with Crippen LogP contribution in [0.2, 0.25) is 5.02 Å². The SMILES string of the molecule is CC(C)Oc1ccc(C(O)CCO)cc1Cl. The molecule has 1 unspecified atom stereocenters. The molecule has 0 saturated carbocycles. The molecule has 1 atom stereocenters. The van der Waals surface area contributed by atoms with Crippen molar-refractivity contribution in [3.63, 3.8) is 0 Å². The van der Waals surface area contributed by atoms with Gasteiger partial charge in [0, 0.05) is 13.0 Å². The summed E-state index contributed by atoms with van der Waals surface area (Å²) in [6, 6.07) is 5.15. The minimum atomic E-state index is -0.685. The zero-order valence-electron chi connectivity index (χ0n) is 9.48. The Morgan fingerprint density at radius 1 is 1.38 bits per heavy atom. The van der Waals surface area contributed by atoms with Gasteiger partial charge in [-0.05, 0) is 31.5 Å². The number of halogens is 1. The van der Waals surface area contributed by atoms with Gasteiger partial charge in [0.15, 0.2) is 0 Å². The van der Waals surface area contributed by atoms with E-state index in [9.17, 15) is 5.11 Å². The smallest absolute Gasteiger partial charge is 0.138 e. The first-order valence-electron chi connectivity index (χ1n) is 5.29. The van der Waals surface area contributed by atoms with Crippen LogP contribution in [0.25, 0.3) is 0 Å². The fourth-order valence-electron chi connectivity index (χ4n) is 1.36. The summed E-state index contributed by atoms with van der Waals surface area (Å²) in [7, 11) is 0. The topological polar surface area (TPSA) is 49.7 Å². The summed E-state index contributed by atoms with van der Waals surface area (Å²) in [6.07, 6.45) is -0.318. The zero-order chi connectivity index (χ0) is 12.1. The predicted octanol–water partition coefficient (Wildman–Crippen LogP) is 2.54. The fourth-order valence-corrected chi connectivity index (χ4v) is 1.60. The van der Waals surface area contributed by atoms with Crippen molar-refractivity contribution >= 4 is 11.6 Å². The van der Waals surface area contributed by atoms with Crippen molar-refractivity contribution in [1.29, 1.82) is 0 Å². The van der Waals surface area contributed by atoms with E-state index in [-0.39, 0.29) is 12.7 Å². The summed E-state index contributed by atoms with van der Waals surface area (Å²) in [5.41, 5.74) is 0.690. The Balaban J connectivity index is 2.82. The molecule has 1 aromatic carbocycles. The van der Waals surface area contributed by atoms with Crippen LogP contribution in [0.5, 0.6) is 5.75 Å². The molecule has 2 N–H and O–H groups in total. The lowest BCUT2D eigenvalue weighted by molar-refractivity contribution is 0.134. The Bertz CT molecular complexity index is 339. The van der Waals surface area contributed by atoms with Crippen LogP contribution in [0.15, 0.2) is 18.2 Å². The van der Waals surface area contributed by atoms with Crippen LogP contribution in [0.3, 0.4) is 0 Å². The Labute approximate surface area is 101 Å². The van der Waals surface area contributed by atoms with E-state index in [0.29, 0.717) is 22.8 Å². The molecule has 16 heavy (non-hydrogen) atoms. The summed E-state index contributed by atoms with van der Waals surface area (Å²) in [6.45, 7) is 3.79. The van der Waals surface area contributed by atoms with E-state index in [4.69, 9.17) is 21.4 Å². The number of hydrogen-bond acceptors (Lipinski definition) is 3.